The average Bonchev–Trinajstić information content (AvgIpc) is 4.30. The highest BCUT2D eigenvalue weighted by atomic mass is 19.2. The van der Waals surface area contributed by atoms with Gasteiger partial charge in [0.1, 0.15) is 49.1 Å². The Bertz CT molecular complexity index is 2460. The van der Waals surface area contributed by atoms with Crippen LogP contribution in [0.15, 0.2) is 97.1 Å². The van der Waals surface area contributed by atoms with E-state index < -0.39 is 84.2 Å². The molecule has 0 bridgehead atoms. The summed E-state index contributed by atoms with van der Waals surface area (Å²) in [6.07, 6.45) is -2.09. The molecule has 0 spiro atoms. The molecule has 0 amide bonds. The number of aliphatic hydroxyl groups excluding tert-OH is 2. The van der Waals surface area contributed by atoms with E-state index in [0.29, 0.717) is 19.0 Å². The Morgan fingerprint density at radius 1 is 0.457 bits per heavy atom. The molecule has 2 heterocycles. The summed E-state index contributed by atoms with van der Waals surface area (Å²) in [5.41, 5.74) is 2.35. The molecular formula is C56H66F4O10. The molecule has 2 fully saturated rings. The predicted molar refractivity (Wildman–Crippen MR) is 256 cm³/mol. The van der Waals surface area contributed by atoms with E-state index in [9.17, 15) is 10.2 Å². The molecule has 70 heavy (non-hydrogen) atoms. The predicted octanol–water partition coefficient (Wildman–Crippen LogP) is 10.1. The molecule has 5 aromatic carbocycles. The van der Waals surface area contributed by atoms with E-state index in [2.05, 4.69) is 64.1 Å². The van der Waals surface area contributed by atoms with E-state index in [0.717, 1.165) is 52.3 Å². The first-order chi connectivity index (χ1) is 33.2. The van der Waals surface area contributed by atoms with Gasteiger partial charge in [-0.25, -0.2) is 17.6 Å². The van der Waals surface area contributed by atoms with Crippen molar-refractivity contribution >= 4 is 0 Å². The summed E-state index contributed by atoms with van der Waals surface area (Å²) in [7, 11) is 0. The number of ether oxygens (including phenoxy) is 8. The zero-order chi connectivity index (χ0) is 50.4. The van der Waals surface area contributed by atoms with E-state index in [1.54, 1.807) is 12.1 Å². The fourth-order valence-electron chi connectivity index (χ4n) is 7.99. The highest BCUT2D eigenvalue weighted by Gasteiger charge is 2.32. The van der Waals surface area contributed by atoms with Gasteiger partial charge in [-0.2, -0.15) is 0 Å². The van der Waals surface area contributed by atoms with Gasteiger partial charge in [0, 0.05) is 10.8 Å². The molecular weight excluding hydrogens is 909 g/mol. The zero-order valence-corrected chi connectivity index (χ0v) is 41.3. The van der Waals surface area contributed by atoms with Crippen molar-refractivity contribution in [3.63, 3.8) is 0 Å². The lowest BCUT2D eigenvalue weighted by atomic mass is 9.77. The topological polar surface area (TPSA) is 121 Å². The molecule has 2 aliphatic heterocycles. The van der Waals surface area contributed by atoms with Crippen LogP contribution in [0.4, 0.5) is 17.6 Å². The number of rotatable bonds is 26. The number of hydrogen-bond donors (Lipinski definition) is 2. The number of halogens is 4. The van der Waals surface area contributed by atoms with E-state index in [-0.39, 0.29) is 36.3 Å². The second-order valence-corrected chi connectivity index (χ2v) is 20.2. The van der Waals surface area contributed by atoms with Gasteiger partial charge in [0.25, 0.3) is 0 Å². The summed E-state index contributed by atoms with van der Waals surface area (Å²) in [5.74, 6) is -5.34. The Morgan fingerprint density at radius 3 is 1.19 bits per heavy atom. The van der Waals surface area contributed by atoms with Crippen molar-refractivity contribution < 1.29 is 65.7 Å². The Balaban J connectivity index is 0.825. The molecule has 2 N–H and O–H groups in total. The van der Waals surface area contributed by atoms with E-state index in [4.69, 9.17) is 37.9 Å². The molecule has 2 saturated heterocycles. The Kier molecular flexibility index (Phi) is 16.8. The van der Waals surface area contributed by atoms with Gasteiger partial charge in [0.05, 0.1) is 75.2 Å². The van der Waals surface area contributed by atoms with Crippen LogP contribution < -0.4 is 9.47 Å². The van der Waals surface area contributed by atoms with Crippen molar-refractivity contribution in [2.45, 2.75) is 115 Å². The van der Waals surface area contributed by atoms with Crippen LogP contribution in [0.1, 0.15) is 99.9 Å². The fraction of sp³-hybridized carbons (Fsp3) is 0.464. The summed E-state index contributed by atoms with van der Waals surface area (Å²) in [6.45, 7) is 15.8. The van der Waals surface area contributed by atoms with E-state index in [1.165, 1.54) is 0 Å². The standard InChI is InChI=1S/C56H66F4O10/c1-53(2,36-11-15-40(16-12-36)56(7,8)70-32-46-31-68-46)37-17-21-43(22-18-37)65-27-41(61)25-63-33-47-49(57)51(59)48(52(60)50(47)58)34-64-26-42(62)28-69-55(5,6)39-13-9-35(10-14-39)54(3,4)38-19-23-44(24-20-38)66-29-45-30-67-45/h9-24,41-42,45-46,61-62H,25-34H2,1-8H3. The van der Waals surface area contributed by atoms with E-state index in [1.807, 2.05) is 76.2 Å². The fourth-order valence-corrected chi connectivity index (χ4v) is 7.99. The average molecular weight is 975 g/mol. The third-order valence-corrected chi connectivity index (χ3v) is 13.3. The second-order valence-electron chi connectivity index (χ2n) is 20.2. The van der Waals surface area contributed by atoms with Crippen molar-refractivity contribution in [1.82, 2.24) is 0 Å². The van der Waals surface area contributed by atoms with Gasteiger partial charge in [0.15, 0.2) is 23.3 Å². The Morgan fingerprint density at radius 2 is 0.786 bits per heavy atom. The molecule has 4 atom stereocenters. The van der Waals surface area contributed by atoms with Gasteiger partial charge < -0.3 is 48.1 Å². The van der Waals surface area contributed by atoms with Crippen LogP contribution in [0.5, 0.6) is 11.5 Å². The highest BCUT2D eigenvalue weighted by molar-refractivity contribution is 5.43. The molecule has 2 aliphatic rings. The molecule has 0 radical (unpaired) electrons. The number of aliphatic hydroxyl groups is 2. The Labute approximate surface area is 408 Å². The Hall–Kier alpha value is -4.90. The van der Waals surface area contributed by atoms with Gasteiger partial charge in [-0.05, 0) is 85.3 Å². The maximum absolute atomic E-state index is 15.1. The normalized spacial score (nSPS) is 17.1. The minimum atomic E-state index is -1.65. The maximum atomic E-state index is 15.1. The van der Waals surface area contributed by atoms with Crippen molar-refractivity contribution in [1.29, 1.82) is 0 Å². The van der Waals surface area contributed by atoms with Crippen molar-refractivity contribution in [3.05, 3.63) is 165 Å². The molecule has 378 valence electrons. The van der Waals surface area contributed by atoms with Crippen LogP contribution in [0.2, 0.25) is 0 Å². The summed E-state index contributed by atoms with van der Waals surface area (Å²) >= 11 is 0. The smallest absolute Gasteiger partial charge is 0.167 e. The molecule has 5 aromatic rings. The molecule has 7 rings (SSSR count). The van der Waals surface area contributed by atoms with Crippen molar-refractivity contribution in [3.8, 4) is 11.5 Å². The van der Waals surface area contributed by atoms with Gasteiger partial charge in [-0.3, -0.25) is 0 Å². The summed E-state index contributed by atoms with van der Waals surface area (Å²) in [4.78, 5) is 0. The van der Waals surface area contributed by atoms with Crippen LogP contribution >= 0.6 is 0 Å². The summed E-state index contributed by atoms with van der Waals surface area (Å²) < 4.78 is 105. The summed E-state index contributed by atoms with van der Waals surface area (Å²) in [5, 5.41) is 21.1. The van der Waals surface area contributed by atoms with Gasteiger partial charge in [-0.1, -0.05) is 100 Å². The van der Waals surface area contributed by atoms with Crippen molar-refractivity contribution in [2.24, 2.45) is 0 Å². The van der Waals surface area contributed by atoms with Crippen LogP contribution in [0.25, 0.3) is 0 Å². The lowest BCUT2D eigenvalue weighted by molar-refractivity contribution is -0.0846. The molecule has 0 aliphatic carbocycles. The van der Waals surface area contributed by atoms with Crippen LogP contribution in [0.3, 0.4) is 0 Å². The minimum absolute atomic E-state index is 0.181. The lowest BCUT2D eigenvalue weighted by Gasteiger charge is -2.30. The zero-order valence-electron chi connectivity index (χ0n) is 41.3. The van der Waals surface area contributed by atoms with Crippen LogP contribution in [-0.2, 0) is 63.7 Å². The van der Waals surface area contributed by atoms with Gasteiger partial charge in [-0.15, -0.1) is 0 Å². The van der Waals surface area contributed by atoms with Crippen molar-refractivity contribution in [2.75, 3.05) is 52.9 Å². The SMILES string of the molecule is CC(C)(OCC(O)COCc1c(F)c(F)c(COCC(O)COc2ccc(C(C)(C)c3ccc(C(C)(C)OCC4CO4)cc3)cc2)c(F)c1F)c1ccc(C(C)(C)c2ccc(OCC3CO3)cc2)cc1. The quantitative estimate of drug-likeness (QED) is 0.0315. The monoisotopic (exact) mass is 974 g/mol. The lowest BCUT2D eigenvalue weighted by Crippen LogP contribution is -2.30. The first-order valence-corrected chi connectivity index (χ1v) is 23.7. The summed E-state index contributed by atoms with van der Waals surface area (Å²) in [6, 6.07) is 31.8. The minimum Gasteiger partial charge on any atom is -0.491 e. The van der Waals surface area contributed by atoms with Crippen LogP contribution in [0, 0.1) is 23.3 Å². The van der Waals surface area contributed by atoms with Crippen LogP contribution in [-0.4, -0.2) is 87.5 Å². The van der Waals surface area contributed by atoms with Gasteiger partial charge in [0.2, 0.25) is 0 Å². The number of hydrogen-bond acceptors (Lipinski definition) is 10. The molecule has 0 aromatic heterocycles. The third-order valence-electron chi connectivity index (χ3n) is 13.3. The molecule has 4 unspecified atom stereocenters. The largest absolute Gasteiger partial charge is 0.491 e. The second kappa shape index (κ2) is 22.3. The van der Waals surface area contributed by atoms with Gasteiger partial charge >= 0.3 is 0 Å². The maximum Gasteiger partial charge on any atom is 0.167 e. The highest BCUT2D eigenvalue weighted by Crippen LogP contribution is 2.37. The number of benzene rings is 5. The number of epoxide rings is 2. The first kappa shape index (κ1) is 52.9. The molecule has 10 nitrogen and oxygen atoms in total. The molecule has 14 heteroatoms. The molecule has 0 saturated carbocycles. The first-order valence-electron chi connectivity index (χ1n) is 23.7. The third kappa shape index (κ3) is 13.3. The van der Waals surface area contributed by atoms with E-state index >= 15 is 17.6 Å².